The monoisotopic (exact) mass is 1050 g/mol. The molecule has 0 aliphatic rings. The fourth-order valence-electron chi connectivity index (χ4n) is 6.58. The molecule has 12 atom stereocenters. The largest absolute Gasteiger partial charge is 0.461 e. The maximum absolute atomic E-state index is 13.0. The molecule has 0 spiro atoms. The van der Waals surface area contributed by atoms with E-state index in [4.69, 9.17) is 39.0 Å². The van der Waals surface area contributed by atoms with E-state index in [1.807, 2.05) is 0 Å². The molecule has 0 unspecified atom stereocenters. The van der Waals surface area contributed by atoms with E-state index in [9.17, 15) is 80.5 Å². The molecule has 0 saturated carbocycles. The van der Waals surface area contributed by atoms with Crippen LogP contribution in [-0.4, -0.2) is 302 Å². The zero-order valence-electron chi connectivity index (χ0n) is 41.0. The molecule has 3 amide bonds. The Morgan fingerprint density at radius 1 is 0.444 bits per heavy atom. The van der Waals surface area contributed by atoms with E-state index in [-0.39, 0.29) is 85.1 Å². The fraction of sp³-hybridized carbons (Fsp3) is 0.778. The summed E-state index contributed by atoms with van der Waals surface area (Å²) < 4.78 is 29.0. The third kappa shape index (κ3) is 24.6. The highest BCUT2D eigenvalue weighted by atomic mass is 16.5. The van der Waals surface area contributed by atoms with Crippen molar-refractivity contribution >= 4 is 23.7 Å². The van der Waals surface area contributed by atoms with Crippen LogP contribution in [0.25, 0.3) is 0 Å². The van der Waals surface area contributed by atoms with Crippen molar-refractivity contribution in [3.05, 3.63) is 35.9 Å². The summed E-state index contributed by atoms with van der Waals surface area (Å²) in [7, 11) is 3.87. The maximum Gasteiger partial charge on any atom is 0.308 e. The molecule has 0 aliphatic carbocycles. The number of benzene rings is 1. The molecule has 27 nitrogen and oxygen atoms in total. The van der Waals surface area contributed by atoms with E-state index >= 15 is 0 Å². The van der Waals surface area contributed by atoms with Crippen molar-refractivity contribution in [3.8, 4) is 0 Å². The van der Waals surface area contributed by atoms with Crippen molar-refractivity contribution in [2.75, 3.05) is 113 Å². The lowest BCUT2D eigenvalue weighted by atomic mass is 9.92. The molecule has 1 rings (SSSR count). The van der Waals surface area contributed by atoms with Gasteiger partial charge >= 0.3 is 5.97 Å². The maximum atomic E-state index is 13.0. The molecular formula is C45H79N3O24. The van der Waals surface area contributed by atoms with E-state index in [2.05, 4.69) is 0 Å². The Balaban J connectivity index is 3.23. The van der Waals surface area contributed by atoms with Crippen LogP contribution in [-0.2, 0) is 49.5 Å². The van der Waals surface area contributed by atoms with Gasteiger partial charge in [0.15, 0.2) is 0 Å². The molecule has 0 radical (unpaired) electrons. The molecule has 1 aromatic carbocycles. The summed E-state index contributed by atoms with van der Waals surface area (Å²) in [5.41, 5.74) is -0.581. The van der Waals surface area contributed by atoms with Gasteiger partial charge in [-0.05, 0) is 5.56 Å². The van der Waals surface area contributed by atoms with E-state index in [0.29, 0.717) is 0 Å². The minimum absolute atomic E-state index is 0.00582. The Morgan fingerprint density at radius 3 is 1.01 bits per heavy atom. The Morgan fingerprint density at radius 2 is 0.722 bits per heavy atom. The average molecular weight is 1050 g/mol. The normalized spacial score (nSPS) is 17.0. The van der Waals surface area contributed by atoms with Crippen LogP contribution in [0.4, 0.5) is 0 Å². The highest BCUT2D eigenvalue weighted by molar-refractivity contribution is 5.76. The third-order valence-electron chi connectivity index (χ3n) is 11.3. The van der Waals surface area contributed by atoms with Gasteiger partial charge in [-0.15, -0.1) is 0 Å². The van der Waals surface area contributed by atoms with Gasteiger partial charge in [0.05, 0.1) is 104 Å². The number of esters is 1. The van der Waals surface area contributed by atoms with Crippen molar-refractivity contribution in [1.29, 1.82) is 0 Å². The van der Waals surface area contributed by atoms with Gasteiger partial charge in [0.1, 0.15) is 79.9 Å². The molecule has 0 aromatic heterocycles. The Labute approximate surface area is 417 Å². The smallest absolute Gasteiger partial charge is 0.308 e. The quantitative estimate of drug-likeness (QED) is 0.0214. The lowest BCUT2D eigenvalue weighted by molar-refractivity contribution is -0.147. The average Bonchev–Trinajstić information content (AvgIpc) is 3.38. The summed E-state index contributed by atoms with van der Waals surface area (Å²) in [6, 6.07) is 8.89. The Kier molecular flexibility index (Phi) is 32.7. The second-order valence-electron chi connectivity index (χ2n) is 17.6. The summed E-state index contributed by atoms with van der Waals surface area (Å²) in [5.74, 6) is -2.38. The van der Waals surface area contributed by atoms with Crippen LogP contribution in [0.2, 0.25) is 0 Å². The zero-order valence-corrected chi connectivity index (χ0v) is 41.0. The minimum Gasteiger partial charge on any atom is -0.461 e. The molecule has 418 valence electrons. The first-order valence-electron chi connectivity index (χ1n) is 23.2. The topological polar surface area (TPSA) is 428 Å². The zero-order chi connectivity index (χ0) is 54.6. The lowest BCUT2D eigenvalue weighted by Crippen LogP contribution is -2.50. The van der Waals surface area contributed by atoms with Gasteiger partial charge in [0.25, 0.3) is 0 Å². The number of rotatable bonds is 40. The van der Waals surface area contributed by atoms with E-state index in [0.717, 1.165) is 20.3 Å². The second-order valence-corrected chi connectivity index (χ2v) is 17.6. The first-order chi connectivity index (χ1) is 33.9. The molecular weight excluding hydrogens is 966 g/mol. The molecule has 0 fully saturated rings. The minimum atomic E-state index is -1.92. The van der Waals surface area contributed by atoms with Gasteiger partial charge in [0, 0.05) is 40.8 Å². The summed E-state index contributed by atoms with van der Waals surface area (Å²) >= 11 is 0. The van der Waals surface area contributed by atoms with Crippen LogP contribution in [0.5, 0.6) is 0 Å². The molecule has 27 heteroatoms. The number of likely N-dealkylation sites (N-methyl/N-ethyl adjacent to an activating group) is 3. The number of hydrogen-bond donors (Lipinski definition) is 15. The number of hydrogen-bond acceptors (Lipinski definition) is 24. The van der Waals surface area contributed by atoms with Crippen LogP contribution >= 0.6 is 0 Å². The highest BCUT2D eigenvalue weighted by Crippen LogP contribution is 2.22. The summed E-state index contributed by atoms with van der Waals surface area (Å²) in [6.07, 6.45) is -23.1. The first-order valence-corrected chi connectivity index (χ1v) is 23.2. The van der Waals surface area contributed by atoms with Crippen molar-refractivity contribution in [2.24, 2.45) is 5.41 Å². The van der Waals surface area contributed by atoms with E-state index < -0.39 is 142 Å². The van der Waals surface area contributed by atoms with Crippen LogP contribution in [0.15, 0.2) is 30.3 Å². The molecule has 0 heterocycles. The van der Waals surface area contributed by atoms with Gasteiger partial charge in [-0.25, -0.2) is 0 Å². The number of carbonyl (C=O) groups excluding carboxylic acids is 4. The summed E-state index contributed by atoms with van der Waals surface area (Å²) in [5, 5.41) is 148. The molecule has 0 saturated heterocycles. The van der Waals surface area contributed by atoms with Crippen molar-refractivity contribution < 1.29 is 119 Å². The highest BCUT2D eigenvalue weighted by Gasteiger charge is 2.36. The summed E-state index contributed by atoms with van der Waals surface area (Å²) in [6.45, 7) is -6.34. The SMILES string of the molecule is CN(C[C@H](O)[C@@H](O)[C@H](O)[C@H](O)CO)C(=O)CCOCC(COCCC(=O)OCc1ccccc1)(COCCC(=O)N(C)C[C@H](O)[C@@H](O)[C@H](O)[C@H](O)CO)COCCC(=O)N(C)C[C@H](O)[C@@H](O)[C@H](O)[C@H](O)CO. The van der Waals surface area contributed by atoms with Gasteiger partial charge in [-0.3, -0.25) is 19.2 Å². The van der Waals surface area contributed by atoms with Crippen LogP contribution in [0, 0.1) is 5.41 Å². The number of aliphatic hydroxyl groups excluding tert-OH is 15. The predicted molar refractivity (Wildman–Crippen MR) is 247 cm³/mol. The Hall–Kier alpha value is -3.66. The standard InChI is InChI=1S/C45H79N3O24/c1-46(17-29(52)39(62)42(65)32(55)20-49)35(58)9-13-68-24-45(27-71-16-12-38(61)72-23-28-7-5-4-6-8-28,25-69-14-10-36(59)47(2)18-30(53)40(63)43(66)33(56)21-50)26-70-15-11-37(60)48(3)19-31(54)41(64)44(67)34(57)22-51/h4-8,29-34,39-44,49-57,62-67H,9-27H2,1-3H3/t29-,30-,31-,32+,33+,34+,39+,40+,41+,42+,43+,44+/m0/s1. The molecule has 15 N–H and O–H groups in total. The van der Waals surface area contributed by atoms with E-state index in [1.54, 1.807) is 30.3 Å². The predicted octanol–water partition coefficient (Wildman–Crippen LogP) is -7.97. The van der Waals surface area contributed by atoms with Gasteiger partial charge in [-0.2, -0.15) is 0 Å². The van der Waals surface area contributed by atoms with Crippen molar-refractivity contribution in [3.63, 3.8) is 0 Å². The fourth-order valence-corrected chi connectivity index (χ4v) is 6.58. The third-order valence-corrected chi connectivity index (χ3v) is 11.3. The molecule has 0 bridgehead atoms. The Bertz CT molecular complexity index is 1520. The van der Waals surface area contributed by atoms with Gasteiger partial charge in [-0.1, -0.05) is 30.3 Å². The molecule has 0 aliphatic heterocycles. The number of nitrogens with zero attached hydrogens (tertiary/aromatic N) is 3. The number of aliphatic hydroxyl groups is 15. The van der Waals surface area contributed by atoms with Crippen molar-refractivity contribution in [1.82, 2.24) is 14.7 Å². The van der Waals surface area contributed by atoms with Gasteiger partial charge in [0.2, 0.25) is 17.7 Å². The van der Waals surface area contributed by atoms with Crippen LogP contribution < -0.4 is 0 Å². The van der Waals surface area contributed by atoms with Crippen molar-refractivity contribution in [2.45, 2.75) is 106 Å². The lowest BCUT2D eigenvalue weighted by Gasteiger charge is -2.33. The van der Waals surface area contributed by atoms with Gasteiger partial charge < -0.3 is 115 Å². The number of amides is 3. The van der Waals surface area contributed by atoms with E-state index in [1.165, 1.54) is 21.1 Å². The summed E-state index contributed by atoms with van der Waals surface area (Å²) in [4.78, 5) is 54.7. The first kappa shape index (κ1) is 66.4. The number of ether oxygens (including phenoxy) is 5. The molecule has 1 aromatic rings. The van der Waals surface area contributed by atoms with Crippen LogP contribution in [0.1, 0.15) is 31.2 Å². The second kappa shape index (κ2) is 35.5. The molecule has 72 heavy (non-hydrogen) atoms. The van der Waals surface area contributed by atoms with Crippen LogP contribution in [0.3, 0.4) is 0 Å². The number of carbonyl (C=O) groups is 4.